The van der Waals surface area contributed by atoms with Gasteiger partial charge in [0.25, 0.3) is 0 Å². The van der Waals surface area contributed by atoms with Crippen molar-refractivity contribution >= 4 is 40.7 Å². The summed E-state index contributed by atoms with van der Waals surface area (Å²) in [5.41, 5.74) is 2.43. The van der Waals surface area contributed by atoms with Crippen LogP contribution in [0, 0.1) is 11.8 Å². The van der Waals surface area contributed by atoms with Gasteiger partial charge < -0.3 is 15.5 Å². The highest BCUT2D eigenvalue weighted by molar-refractivity contribution is 7.16. The van der Waals surface area contributed by atoms with Gasteiger partial charge in [0.1, 0.15) is 18.1 Å². The largest absolute Gasteiger partial charge is 0.352 e. The van der Waals surface area contributed by atoms with E-state index in [1.807, 2.05) is 39.8 Å². The molecule has 1 aliphatic carbocycles. The van der Waals surface area contributed by atoms with Gasteiger partial charge in [-0.3, -0.25) is 14.4 Å². The summed E-state index contributed by atoms with van der Waals surface area (Å²) >= 11 is 7.50. The Balaban J connectivity index is 1.73. The lowest BCUT2D eigenvalue weighted by atomic mass is 9.88. The van der Waals surface area contributed by atoms with Gasteiger partial charge >= 0.3 is 0 Å². The number of carbonyl (C=O) groups is 3. The number of rotatable bonds is 7. The number of hydrogen-bond donors (Lipinski definition) is 2. The zero-order valence-corrected chi connectivity index (χ0v) is 21.6. The second kappa shape index (κ2) is 10.1. The van der Waals surface area contributed by atoms with Gasteiger partial charge in [-0.15, -0.1) is 11.3 Å². The first-order valence-electron chi connectivity index (χ1n) is 11.9. The highest BCUT2D eigenvalue weighted by Gasteiger charge is 2.49. The van der Waals surface area contributed by atoms with Gasteiger partial charge in [0.15, 0.2) is 0 Å². The number of fused-ring (bicyclic) bond motifs is 1. The van der Waals surface area contributed by atoms with Gasteiger partial charge in [-0.25, -0.2) is 0 Å². The maximum Gasteiger partial charge on any atom is 0.248 e. The molecule has 2 aromatic rings. The predicted octanol–water partition coefficient (Wildman–Crippen LogP) is 4.12. The first-order chi connectivity index (χ1) is 16.2. The van der Waals surface area contributed by atoms with Crippen molar-refractivity contribution in [3.05, 3.63) is 56.7 Å². The number of piperazine rings is 1. The van der Waals surface area contributed by atoms with E-state index in [2.05, 4.69) is 22.8 Å². The van der Waals surface area contributed by atoms with E-state index in [0.717, 1.165) is 12.8 Å². The molecule has 34 heavy (non-hydrogen) atoms. The number of amides is 3. The zero-order valence-electron chi connectivity index (χ0n) is 20.0. The summed E-state index contributed by atoms with van der Waals surface area (Å²) in [6.45, 7) is 7.79. The number of halogens is 1. The Labute approximate surface area is 210 Å². The number of thiophene rings is 1. The molecular weight excluding hydrogens is 470 g/mol. The Morgan fingerprint density at radius 1 is 1.12 bits per heavy atom. The van der Waals surface area contributed by atoms with Gasteiger partial charge in [-0.05, 0) is 68.2 Å². The van der Waals surface area contributed by atoms with E-state index in [0.29, 0.717) is 15.6 Å². The van der Waals surface area contributed by atoms with Gasteiger partial charge in [0, 0.05) is 10.9 Å². The maximum absolute atomic E-state index is 14.1. The molecule has 1 saturated heterocycles. The van der Waals surface area contributed by atoms with Crippen molar-refractivity contribution in [3.63, 3.8) is 0 Å². The summed E-state index contributed by atoms with van der Waals surface area (Å²) in [5.74, 6) is -0.564. The fourth-order valence-electron chi connectivity index (χ4n) is 5.11. The molecule has 3 amide bonds. The van der Waals surface area contributed by atoms with Crippen molar-refractivity contribution in [2.45, 2.75) is 71.1 Å². The molecule has 182 valence electrons. The van der Waals surface area contributed by atoms with Crippen LogP contribution >= 0.6 is 22.9 Å². The summed E-state index contributed by atoms with van der Waals surface area (Å²) in [6, 6.07) is 9.26. The van der Waals surface area contributed by atoms with Crippen molar-refractivity contribution in [1.82, 2.24) is 15.5 Å². The third kappa shape index (κ3) is 5.01. The van der Waals surface area contributed by atoms with E-state index < -0.39 is 18.1 Å². The van der Waals surface area contributed by atoms with Gasteiger partial charge in [0.2, 0.25) is 17.7 Å². The average Bonchev–Trinajstić information content (AvgIpc) is 3.38. The third-order valence-corrected chi connectivity index (χ3v) is 7.81. The lowest BCUT2D eigenvalue weighted by Gasteiger charge is -2.44. The molecule has 0 bridgehead atoms. The Morgan fingerprint density at radius 3 is 2.29 bits per heavy atom. The number of nitrogens with zero attached hydrogens (tertiary/aromatic N) is 1. The standard InChI is InChI=1S/C26H32ClN3O3S/c1-14(2)11-19-24(31)29-22(18-12-16-7-5-6-8-17(16)13-18)26(33)30(19)23(25(32)28-15(3)4)20-9-10-21(27)34-20/h5-10,14-15,18-19,22-23H,11-13H2,1-4H3,(H,28,32)(H,29,31). The average molecular weight is 502 g/mol. The Bertz CT molecular complexity index is 1060. The highest BCUT2D eigenvalue weighted by atomic mass is 35.5. The lowest BCUT2D eigenvalue weighted by Crippen LogP contribution is -2.67. The van der Waals surface area contributed by atoms with Crippen LogP contribution in [0.3, 0.4) is 0 Å². The van der Waals surface area contributed by atoms with Crippen LogP contribution in [0.4, 0.5) is 0 Å². The Kier molecular flexibility index (Phi) is 7.33. The van der Waals surface area contributed by atoms with Crippen LogP contribution in [-0.4, -0.2) is 40.7 Å². The van der Waals surface area contributed by atoms with Gasteiger partial charge in [0.05, 0.1) is 4.34 Å². The third-order valence-electron chi connectivity index (χ3n) is 6.53. The number of hydrogen-bond acceptors (Lipinski definition) is 4. The van der Waals surface area contributed by atoms with Crippen LogP contribution in [0.1, 0.15) is 56.2 Å². The smallest absolute Gasteiger partial charge is 0.248 e. The van der Waals surface area contributed by atoms with E-state index in [1.165, 1.54) is 22.5 Å². The molecule has 0 saturated carbocycles. The van der Waals surface area contributed by atoms with E-state index >= 15 is 0 Å². The first-order valence-corrected chi connectivity index (χ1v) is 13.1. The summed E-state index contributed by atoms with van der Waals surface area (Å²) < 4.78 is 0.537. The minimum atomic E-state index is -0.909. The molecule has 6 nitrogen and oxygen atoms in total. The molecular formula is C26H32ClN3O3S. The predicted molar refractivity (Wildman–Crippen MR) is 135 cm³/mol. The molecule has 8 heteroatoms. The van der Waals surface area contributed by atoms with E-state index in [-0.39, 0.29) is 35.6 Å². The SMILES string of the molecule is CC(C)CC1C(=O)NC(C2Cc3ccccc3C2)C(=O)N1C(C(=O)NC(C)C)c1ccc(Cl)s1. The molecule has 3 atom stereocenters. The molecule has 1 aromatic carbocycles. The second-order valence-electron chi connectivity index (χ2n) is 10.0. The number of carbonyl (C=O) groups excluding carboxylic acids is 3. The summed E-state index contributed by atoms with van der Waals surface area (Å²) in [5, 5.41) is 5.99. The molecule has 4 rings (SSSR count). The number of nitrogens with one attached hydrogen (secondary N) is 2. The van der Waals surface area contributed by atoms with Gasteiger partial charge in [-0.1, -0.05) is 49.7 Å². The topological polar surface area (TPSA) is 78.5 Å². The monoisotopic (exact) mass is 501 g/mol. The quantitative estimate of drug-likeness (QED) is 0.599. The molecule has 1 aromatic heterocycles. The maximum atomic E-state index is 14.1. The summed E-state index contributed by atoms with van der Waals surface area (Å²) in [6.07, 6.45) is 1.92. The van der Waals surface area contributed by atoms with Crippen molar-refractivity contribution < 1.29 is 14.4 Å². The molecule has 3 unspecified atom stereocenters. The van der Waals surface area contributed by atoms with Crippen molar-refractivity contribution in [3.8, 4) is 0 Å². The summed E-state index contributed by atoms with van der Waals surface area (Å²) in [7, 11) is 0. The minimum Gasteiger partial charge on any atom is -0.352 e. The fourth-order valence-corrected chi connectivity index (χ4v) is 6.27. The summed E-state index contributed by atoms with van der Waals surface area (Å²) in [4.78, 5) is 43.3. The fraction of sp³-hybridized carbons (Fsp3) is 0.500. The molecule has 2 N–H and O–H groups in total. The van der Waals surface area contributed by atoms with Crippen LogP contribution in [0.5, 0.6) is 0 Å². The first kappa shape index (κ1) is 24.7. The second-order valence-corrected chi connectivity index (χ2v) is 11.8. The highest BCUT2D eigenvalue weighted by Crippen LogP contribution is 2.37. The molecule has 1 fully saturated rings. The van der Waals surface area contributed by atoms with Crippen molar-refractivity contribution in [2.24, 2.45) is 11.8 Å². The van der Waals surface area contributed by atoms with Crippen LogP contribution in [0.15, 0.2) is 36.4 Å². The van der Waals surface area contributed by atoms with Crippen LogP contribution in [0.2, 0.25) is 4.34 Å². The normalized spacial score (nSPS) is 21.7. The number of benzene rings is 1. The van der Waals surface area contributed by atoms with Crippen molar-refractivity contribution in [2.75, 3.05) is 0 Å². The Hall–Kier alpha value is -2.38. The van der Waals surface area contributed by atoms with Crippen LogP contribution in [-0.2, 0) is 27.2 Å². The van der Waals surface area contributed by atoms with Gasteiger partial charge in [-0.2, -0.15) is 0 Å². The van der Waals surface area contributed by atoms with E-state index in [9.17, 15) is 14.4 Å². The van der Waals surface area contributed by atoms with Crippen molar-refractivity contribution in [1.29, 1.82) is 0 Å². The molecule has 0 radical (unpaired) electrons. The minimum absolute atomic E-state index is 0.0444. The molecule has 2 heterocycles. The van der Waals surface area contributed by atoms with Crippen LogP contribution < -0.4 is 10.6 Å². The van der Waals surface area contributed by atoms with Crippen LogP contribution in [0.25, 0.3) is 0 Å². The lowest BCUT2D eigenvalue weighted by molar-refractivity contribution is -0.157. The Morgan fingerprint density at radius 2 is 1.76 bits per heavy atom. The van der Waals surface area contributed by atoms with E-state index in [1.54, 1.807) is 17.0 Å². The molecule has 1 aliphatic heterocycles. The molecule has 2 aliphatic rings. The zero-order chi connectivity index (χ0) is 24.6. The van der Waals surface area contributed by atoms with E-state index in [4.69, 9.17) is 11.6 Å². The molecule has 0 spiro atoms.